The minimum atomic E-state index is 0.386. The van der Waals surface area contributed by atoms with Crippen LogP contribution in [0.5, 0.6) is 0 Å². The molecule has 2 heteroatoms. The highest BCUT2D eigenvalue weighted by atomic mass is 79.9. The van der Waals surface area contributed by atoms with E-state index in [1.165, 1.54) is 5.56 Å². The molecule has 0 bridgehead atoms. The van der Waals surface area contributed by atoms with Crippen LogP contribution in [0.3, 0.4) is 0 Å². The monoisotopic (exact) mass is 265 g/mol. The number of hydrogen-bond donors (Lipinski definition) is 1. The molecular weight excluding hydrogens is 250 g/mol. The molecular formula is C13H16BrN. The summed E-state index contributed by atoms with van der Waals surface area (Å²) in [6.45, 7) is 4.98. The first-order chi connectivity index (χ1) is 7.24. The maximum absolute atomic E-state index is 3.44. The SMILES string of the molecule is CC#CCCNC(C)c1ccc(Br)cc1. The molecule has 0 aromatic heterocycles. The van der Waals surface area contributed by atoms with Gasteiger partial charge in [-0.25, -0.2) is 0 Å². The Morgan fingerprint density at radius 1 is 1.33 bits per heavy atom. The zero-order chi connectivity index (χ0) is 11.1. The van der Waals surface area contributed by atoms with Gasteiger partial charge in [0.15, 0.2) is 0 Å². The van der Waals surface area contributed by atoms with Crippen LogP contribution in [0, 0.1) is 11.8 Å². The van der Waals surface area contributed by atoms with E-state index in [-0.39, 0.29) is 0 Å². The molecule has 0 fully saturated rings. The fourth-order valence-corrected chi connectivity index (χ4v) is 1.61. The largest absolute Gasteiger partial charge is 0.309 e. The summed E-state index contributed by atoms with van der Waals surface area (Å²) in [6.07, 6.45) is 0.914. The Hall–Kier alpha value is -0.780. The average molecular weight is 266 g/mol. The van der Waals surface area contributed by atoms with Gasteiger partial charge in [-0.15, -0.1) is 11.8 Å². The van der Waals surface area contributed by atoms with E-state index in [0.29, 0.717) is 6.04 Å². The first-order valence-electron chi connectivity index (χ1n) is 5.12. The van der Waals surface area contributed by atoms with E-state index in [2.05, 4.69) is 64.3 Å². The zero-order valence-corrected chi connectivity index (χ0v) is 10.8. The van der Waals surface area contributed by atoms with Crippen LogP contribution < -0.4 is 5.32 Å². The van der Waals surface area contributed by atoms with Crippen molar-refractivity contribution in [2.24, 2.45) is 0 Å². The lowest BCUT2D eigenvalue weighted by Gasteiger charge is -2.13. The Kier molecular flexibility index (Phi) is 5.45. The molecule has 1 nitrogen and oxygen atoms in total. The number of halogens is 1. The van der Waals surface area contributed by atoms with Crippen LogP contribution in [-0.4, -0.2) is 6.54 Å². The van der Waals surface area contributed by atoms with Crippen LogP contribution in [0.25, 0.3) is 0 Å². The van der Waals surface area contributed by atoms with Gasteiger partial charge in [-0.05, 0) is 31.5 Å². The molecule has 0 radical (unpaired) electrons. The summed E-state index contributed by atoms with van der Waals surface area (Å²) in [5.41, 5.74) is 1.31. The Bertz CT molecular complexity index is 345. The van der Waals surface area contributed by atoms with Crippen molar-refractivity contribution < 1.29 is 0 Å². The van der Waals surface area contributed by atoms with E-state index < -0.39 is 0 Å². The molecule has 0 aliphatic carbocycles. The van der Waals surface area contributed by atoms with Gasteiger partial charge in [0.2, 0.25) is 0 Å². The molecule has 0 amide bonds. The van der Waals surface area contributed by atoms with E-state index >= 15 is 0 Å². The van der Waals surface area contributed by atoms with Gasteiger partial charge in [-0.2, -0.15) is 0 Å². The lowest BCUT2D eigenvalue weighted by atomic mass is 10.1. The van der Waals surface area contributed by atoms with Crippen LogP contribution in [0.15, 0.2) is 28.7 Å². The highest BCUT2D eigenvalue weighted by Gasteiger charge is 2.02. The topological polar surface area (TPSA) is 12.0 Å². The van der Waals surface area contributed by atoms with Crippen molar-refractivity contribution in [2.75, 3.05) is 6.54 Å². The standard InChI is InChI=1S/C13H16BrN/c1-3-4-5-10-15-11(2)12-6-8-13(14)9-7-12/h6-9,11,15H,5,10H2,1-2H3. The summed E-state index contributed by atoms with van der Waals surface area (Å²) >= 11 is 3.43. The van der Waals surface area contributed by atoms with Gasteiger partial charge in [-0.1, -0.05) is 28.1 Å². The molecule has 1 N–H and O–H groups in total. The summed E-state index contributed by atoms with van der Waals surface area (Å²) in [5.74, 6) is 5.94. The summed E-state index contributed by atoms with van der Waals surface area (Å²) in [7, 11) is 0. The van der Waals surface area contributed by atoms with Gasteiger partial charge >= 0.3 is 0 Å². The predicted octanol–water partition coefficient (Wildman–Crippen LogP) is 3.51. The fraction of sp³-hybridized carbons (Fsp3) is 0.385. The molecule has 0 saturated heterocycles. The Morgan fingerprint density at radius 2 is 2.00 bits per heavy atom. The molecule has 1 rings (SSSR count). The molecule has 0 aliphatic rings. The number of benzene rings is 1. The first-order valence-corrected chi connectivity index (χ1v) is 5.92. The minimum Gasteiger partial charge on any atom is -0.309 e. The van der Waals surface area contributed by atoms with Crippen LogP contribution >= 0.6 is 15.9 Å². The second-order valence-corrected chi connectivity index (χ2v) is 4.32. The van der Waals surface area contributed by atoms with Gasteiger partial charge in [0.25, 0.3) is 0 Å². The van der Waals surface area contributed by atoms with E-state index in [0.717, 1.165) is 17.4 Å². The Balaban J connectivity index is 2.41. The second-order valence-electron chi connectivity index (χ2n) is 3.40. The van der Waals surface area contributed by atoms with Gasteiger partial charge in [-0.3, -0.25) is 0 Å². The highest BCUT2D eigenvalue weighted by Crippen LogP contribution is 2.16. The molecule has 80 valence electrons. The third kappa shape index (κ3) is 4.51. The first kappa shape index (κ1) is 12.3. The predicted molar refractivity (Wildman–Crippen MR) is 68.6 cm³/mol. The van der Waals surface area contributed by atoms with Crippen molar-refractivity contribution in [3.63, 3.8) is 0 Å². The third-order valence-corrected chi connectivity index (χ3v) is 2.78. The summed E-state index contributed by atoms with van der Waals surface area (Å²) in [5, 5.41) is 3.44. The minimum absolute atomic E-state index is 0.386. The van der Waals surface area contributed by atoms with E-state index in [4.69, 9.17) is 0 Å². The summed E-state index contributed by atoms with van der Waals surface area (Å²) < 4.78 is 1.12. The molecule has 1 unspecified atom stereocenters. The van der Waals surface area contributed by atoms with E-state index in [1.54, 1.807) is 0 Å². The lowest BCUT2D eigenvalue weighted by Crippen LogP contribution is -2.19. The van der Waals surface area contributed by atoms with Gasteiger partial charge in [0.05, 0.1) is 0 Å². The van der Waals surface area contributed by atoms with E-state index in [9.17, 15) is 0 Å². The van der Waals surface area contributed by atoms with Gasteiger partial charge < -0.3 is 5.32 Å². The van der Waals surface area contributed by atoms with Crippen LogP contribution in [0.4, 0.5) is 0 Å². The van der Waals surface area contributed by atoms with Gasteiger partial charge in [0, 0.05) is 23.5 Å². The molecule has 0 heterocycles. The van der Waals surface area contributed by atoms with Crippen molar-refractivity contribution in [1.29, 1.82) is 0 Å². The normalized spacial score (nSPS) is 11.7. The maximum atomic E-state index is 3.44. The number of nitrogens with one attached hydrogen (secondary N) is 1. The Morgan fingerprint density at radius 3 is 2.60 bits per heavy atom. The molecule has 0 saturated carbocycles. The van der Waals surface area contributed by atoms with Crippen LogP contribution in [0.1, 0.15) is 31.9 Å². The zero-order valence-electron chi connectivity index (χ0n) is 9.18. The number of rotatable bonds is 4. The molecule has 0 spiro atoms. The van der Waals surface area contributed by atoms with Crippen molar-refractivity contribution in [3.8, 4) is 11.8 Å². The average Bonchev–Trinajstić information content (AvgIpc) is 2.25. The summed E-state index contributed by atoms with van der Waals surface area (Å²) in [4.78, 5) is 0. The quantitative estimate of drug-likeness (QED) is 0.649. The highest BCUT2D eigenvalue weighted by molar-refractivity contribution is 9.10. The lowest BCUT2D eigenvalue weighted by molar-refractivity contribution is 0.584. The van der Waals surface area contributed by atoms with Crippen molar-refractivity contribution >= 4 is 15.9 Å². The third-order valence-electron chi connectivity index (χ3n) is 2.25. The number of hydrogen-bond acceptors (Lipinski definition) is 1. The van der Waals surface area contributed by atoms with Crippen molar-refractivity contribution in [3.05, 3.63) is 34.3 Å². The summed E-state index contributed by atoms with van der Waals surface area (Å²) in [6, 6.07) is 8.79. The molecule has 1 aromatic rings. The second kappa shape index (κ2) is 6.66. The van der Waals surface area contributed by atoms with E-state index in [1.807, 2.05) is 6.92 Å². The molecule has 0 aliphatic heterocycles. The van der Waals surface area contributed by atoms with Gasteiger partial charge in [0.1, 0.15) is 0 Å². The molecule has 1 aromatic carbocycles. The Labute approximate surface area is 100 Å². The van der Waals surface area contributed by atoms with Crippen LogP contribution in [-0.2, 0) is 0 Å². The fourth-order valence-electron chi connectivity index (χ4n) is 1.35. The van der Waals surface area contributed by atoms with Crippen LogP contribution in [0.2, 0.25) is 0 Å². The molecule has 15 heavy (non-hydrogen) atoms. The smallest absolute Gasteiger partial charge is 0.0292 e. The van der Waals surface area contributed by atoms with Crippen molar-refractivity contribution in [2.45, 2.75) is 26.3 Å². The maximum Gasteiger partial charge on any atom is 0.0292 e. The van der Waals surface area contributed by atoms with Crippen molar-refractivity contribution in [1.82, 2.24) is 5.32 Å². The molecule has 1 atom stereocenters.